The van der Waals surface area contributed by atoms with Crippen molar-refractivity contribution in [2.24, 2.45) is 11.8 Å². The van der Waals surface area contributed by atoms with Gasteiger partial charge in [0.05, 0.1) is 5.92 Å². The Balaban J connectivity index is 1.65. The van der Waals surface area contributed by atoms with Crippen molar-refractivity contribution in [3.05, 3.63) is 0 Å². The Hall–Kier alpha value is -0.610. The molecule has 4 heteroatoms. The summed E-state index contributed by atoms with van der Waals surface area (Å²) in [6.07, 6.45) is 2.23. The SMILES string of the molecule is CCN1CCC(CNC(=O)C2CCNC2)C1. The average molecular weight is 225 g/mol. The Morgan fingerprint density at radius 2 is 2.38 bits per heavy atom. The third-order valence-electron chi connectivity index (χ3n) is 3.81. The highest BCUT2D eigenvalue weighted by Crippen LogP contribution is 2.15. The third-order valence-corrected chi connectivity index (χ3v) is 3.81. The summed E-state index contributed by atoms with van der Waals surface area (Å²) in [4.78, 5) is 14.2. The van der Waals surface area contributed by atoms with Crippen molar-refractivity contribution in [2.75, 3.05) is 39.3 Å². The Bertz CT molecular complexity index is 238. The number of hydrogen-bond acceptors (Lipinski definition) is 3. The summed E-state index contributed by atoms with van der Waals surface area (Å²) in [5.74, 6) is 1.13. The van der Waals surface area contributed by atoms with Crippen LogP contribution in [0.25, 0.3) is 0 Å². The van der Waals surface area contributed by atoms with Gasteiger partial charge >= 0.3 is 0 Å². The second-order valence-electron chi connectivity index (χ2n) is 4.98. The first-order valence-corrected chi connectivity index (χ1v) is 6.50. The monoisotopic (exact) mass is 225 g/mol. The van der Waals surface area contributed by atoms with Crippen molar-refractivity contribution in [2.45, 2.75) is 19.8 Å². The molecule has 0 aromatic heterocycles. The maximum absolute atomic E-state index is 11.8. The van der Waals surface area contributed by atoms with E-state index < -0.39 is 0 Å². The molecule has 0 radical (unpaired) electrons. The van der Waals surface area contributed by atoms with Gasteiger partial charge in [-0.2, -0.15) is 0 Å². The van der Waals surface area contributed by atoms with Crippen LogP contribution >= 0.6 is 0 Å². The molecule has 0 aromatic rings. The van der Waals surface area contributed by atoms with Gasteiger partial charge in [0.2, 0.25) is 5.91 Å². The van der Waals surface area contributed by atoms with Crippen molar-refractivity contribution in [1.82, 2.24) is 15.5 Å². The number of amides is 1. The molecular weight excluding hydrogens is 202 g/mol. The smallest absolute Gasteiger partial charge is 0.224 e. The van der Waals surface area contributed by atoms with Crippen LogP contribution in [0.3, 0.4) is 0 Å². The van der Waals surface area contributed by atoms with E-state index in [0.717, 1.165) is 39.1 Å². The molecule has 0 saturated carbocycles. The quantitative estimate of drug-likeness (QED) is 0.711. The van der Waals surface area contributed by atoms with E-state index in [1.807, 2.05) is 0 Å². The molecule has 92 valence electrons. The minimum Gasteiger partial charge on any atom is -0.355 e. The van der Waals surface area contributed by atoms with Crippen LogP contribution in [0.5, 0.6) is 0 Å². The maximum atomic E-state index is 11.8. The van der Waals surface area contributed by atoms with Gasteiger partial charge in [-0.25, -0.2) is 0 Å². The van der Waals surface area contributed by atoms with E-state index in [4.69, 9.17) is 0 Å². The molecule has 2 aliphatic heterocycles. The first-order chi connectivity index (χ1) is 7.79. The van der Waals surface area contributed by atoms with Crippen LogP contribution in [0, 0.1) is 11.8 Å². The normalized spacial score (nSPS) is 30.8. The van der Waals surface area contributed by atoms with E-state index in [1.54, 1.807) is 0 Å². The van der Waals surface area contributed by atoms with Gasteiger partial charge < -0.3 is 15.5 Å². The highest BCUT2D eigenvalue weighted by Gasteiger charge is 2.25. The Labute approximate surface area is 97.8 Å². The van der Waals surface area contributed by atoms with E-state index in [0.29, 0.717) is 5.92 Å². The zero-order valence-electron chi connectivity index (χ0n) is 10.2. The highest BCUT2D eigenvalue weighted by atomic mass is 16.1. The number of rotatable bonds is 4. The number of nitrogens with zero attached hydrogens (tertiary/aromatic N) is 1. The van der Waals surface area contributed by atoms with Crippen LogP contribution in [0.1, 0.15) is 19.8 Å². The molecule has 2 unspecified atom stereocenters. The Morgan fingerprint density at radius 1 is 1.50 bits per heavy atom. The zero-order chi connectivity index (χ0) is 11.4. The molecule has 0 aliphatic carbocycles. The molecule has 0 spiro atoms. The predicted octanol–water partition coefficient (Wildman–Crippen LogP) is 0.0539. The molecule has 2 rings (SSSR count). The van der Waals surface area contributed by atoms with Gasteiger partial charge in [0, 0.05) is 19.6 Å². The van der Waals surface area contributed by atoms with Crippen molar-refractivity contribution < 1.29 is 4.79 Å². The molecule has 2 N–H and O–H groups in total. The van der Waals surface area contributed by atoms with E-state index >= 15 is 0 Å². The van der Waals surface area contributed by atoms with Crippen LogP contribution in [0.15, 0.2) is 0 Å². The van der Waals surface area contributed by atoms with Gasteiger partial charge in [0.1, 0.15) is 0 Å². The minimum absolute atomic E-state index is 0.212. The van der Waals surface area contributed by atoms with E-state index in [1.165, 1.54) is 13.0 Å². The molecule has 2 fully saturated rings. The van der Waals surface area contributed by atoms with Crippen LogP contribution in [-0.4, -0.2) is 50.1 Å². The highest BCUT2D eigenvalue weighted by molar-refractivity contribution is 5.79. The number of hydrogen-bond donors (Lipinski definition) is 2. The van der Waals surface area contributed by atoms with Crippen LogP contribution < -0.4 is 10.6 Å². The number of likely N-dealkylation sites (tertiary alicyclic amines) is 1. The standard InChI is InChI=1S/C12H23N3O/c1-2-15-6-4-10(9-15)7-14-12(16)11-3-5-13-8-11/h10-11,13H,2-9H2,1H3,(H,14,16). The van der Waals surface area contributed by atoms with Crippen LogP contribution in [0.2, 0.25) is 0 Å². The number of nitrogens with one attached hydrogen (secondary N) is 2. The van der Waals surface area contributed by atoms with Crippen molar-refractivity contribution in [3.63, 3.8) is 0 Å². The summed E-state index contributed by atoms with van der Waals surface area (Å²) in [6, 6.07) is 0. The summed E-state index contributed by atoms with van der Waals surface area (Å²) in [5, 5.41) is 6.33. The molecule has 4 nitrogen and oxygen atoms in total. The first kappa shape index (κ1) is 11.9. The molecule has 1 amide bonds. The number of carbonyl (C=O) groups is 1. The first-order valence-electron chi connectivity index (χ1n) is 6.50. The molecular formula is C12H23N3O. The van der Waals surface area contributed by atoms with Crippen LogP contribution in [-0.2, 0) is 4.79 Å². The van der Waals surface area contributed by atoms with Gasteiger partial charge in [-0.1, -0.05) is 6.92 Å². The fraction of sp³-hybridized carbons (Fsp3) is 0.917. The van der Waals surface area contributed by atoms with Gasteiger partial charge in [-0.3, -0.25) is 4.79 Å². The Kier molecular flexibility index (Phi) is 4.18. The van der Waals surface area contributed by atoms with Crippen molar-refractivity contribution in [1.29, 1.82) is 0 Å². The van der Waals surface area contributed by atoms with E-state index in [-0.39, 0.29) is 11.8 Å². The summed E-state index contributed by atoms with van der Waals surface area (Å²) in [6.45, 7) is 8.40. The van der Waals surface area contributed by atoms with Gasteiger partial charge in [0.15, 0.2) is 0 Å². The lowest BCUT2D eigenvalue weighted by Gasteiger charge is -2.15. The largest absolute Gasteiger partial charge is 0.355 e. The second kappa shape index (κ2) is 5.64. The van der Waals surface area contributed by atoms with Crippen LogP contribution in [0.4, 0.5) is 0 Å². The van der Waals surface area contributed by atoms with Crippen molar-refractivity contribution in [3.8, 4) is 0 Å². The molecule has 2 heterocycles. The second-order valence-corrected chi connectivity index (χ2v) is 4.98. The van der Waals surface area contributed by atoms with Gasteiger partial charge in [0.25, 0.3) is 0 Å². The summed E-state index contributed by atoms with van der Waals surface area (Å²) >= 11 is 0. The number of carbonyl (C=O) groups excluding carboxylic acids is 1. The average Bonchev–Trinajstić information content (AvgIpc) is 2.96. The molecule has 16 heavy (non-hydrogen) atoms. The summed E-state index contributed by atoms with van der Waals surface area (Å²) < 4.78 is 0. The molecule has 2 atom stereocenters. The topological polar surface area (TPSA) is 44.4 Å². The maximum Gasteiger partial charge on any atom is 0.224 e. The lowest BCUT2D eigenvalue weighted by Crippen LogP contribution is -2.36. The fourth-order valence-electron chi connectivity index (χ4n) is 2.63. The van der Waals surface area contributed by atoms with Gasteiger partial charge in [-0.15, -0.1) is 0 Å². The predicted molar refractivity (Wildman–Crippen MR) is 64.2 cm³/mol. The summed E-state index contributed by atoms with van der Waals surface area (Å²) in [5.41, 5.74) is 0. The molecule has 2 saturated heterocycles. The minimum atomic E-state index is 0.212. The van der Waals surface area contributed by atoms with Gasteiger partial charge in [-0.05, 0) is 38.4 Å². The zero-order valence-corrected chi connectivity index (χ0v) is 10.2. The molecule has 2 aliphatic rings. The van der Waals surface area contributed by atoms with Crippen molar-refractivity contribution >= 4 is 5.91 Å². The fourth-order valence-corrected chi connectivity index (χ4v) is 2.63. The molecule has 0 bridgehead atoms. The lowest BCUT2D eigenvalue weighted by molar-refractivity contribution is -0.124. The lowest BCUT2D eigenvalue weighted by atomic mass is 10.1. The van der Waals surface area contributed by atoms with E-state index in [9.17, 15) is 4.79 Å². The molecule has 0 aromatic carbocycles. The third kappa shape index (κ3) is 2.95. The van der Waals surface area contributed by atoms with E-state index in [2.05, 4.69) is 22.5 Å². The Morgan fingerprint density at radius 3 is 3.00 bits per heavy atom. The summed E-state index contributed by atoms with van der Waals surface area (Å²) in [7, 11) is 0.